The largest absolute Gasteiger partial charge is 0.294 e. The Labute approximate surface area is 79.5 Å². The van der Waals surface area contributed by atoms with Crippen LogP contribution in [0, 0.1) is 0 Å². The van der Waals surface area contributed by atoms with Crippen molar-refractivity contribution in [1.29, 1.82) is 0 Å². The van der Waals surface area contributed by atoms with Gasteiger partial charge in [0, 0.05) is 12.0 Å². The Morgan fingerprint density at radius 1 is 1.33 bits per heavy atom. The zero-order chi connectivity index (χ0) is 8.72. The molecule has 1 aromatic rings. The fourth-order valence-electron chi connectivity index (χ4n) is 1.30. The van der Waals surface area contributed by atoms with E-state index >= 15 is 0 Å². The van der Waals surface area contributed by atoms with Crippen LogP contribution in [0.25, 0.3) is 0 Å². The molecule has 0 N–H and O–H groups in total. The zero-order valence-corrected chi connectivity index (χ0v) is 7.61. The first-order chi connectivity index (χ1) is 5.68. The van der Waals surface area contributed by atoms with Crippen LogP contribution in [-0.2, 0) is 6.42 Å². The van der Waals surface area contributed by atoms with Crippen molar-refractivity contribution in [2.24, 2.45) is 0 Å². The highest BCUT2D eigenvalue weighted by Crippen LogP contribution is 2.27. The topological polar surface area (TPSA) is 30.0 Å². The van der Waals surface area contributed by atoms with Crippen molar-refractivity contribution in [2.45, 2.75) is 12.8 Å². The normalized spacial score (nSPS) is 15.0. The molecular formula is C8H5Cl2NO. The van der Waals surface area contributed by atoms with Gasteiger partial charge in [0.25, 0.3) is 0 Å². The number of hydrogen-bond acceptors (Lipinski definition) is 2. The van der Waals surface area contributed by atoms with Gasteiger partial charge in [-0.2, -0.15) is 0 Å². The molecule has 2 nitrogen and oxygen atoms in total. The Morgan fingerprint density at radius 3 is 2.83 bits per heavy atom. The number of aryl methyl sites for hydroxylation is 1. The van der Waals surface area contributed by atoms with Gasteiger partial charge in [-0.15, -0.1) is 0 Å². The van der Waals surface area contributed by atoms with E-state index in [1.807, 2.05) is 0 Å². The molecule has 1 aromatic heterocycles. The predicted octanol–water partition coefficient (Wildman–Crippen LogP) is 2.52. The van der Waals surface area contributed by atoms with Crippen LogP contribution in [0.4, 0.5) is 0 Å². The predicted molar refractivity (Wildman–Crippen MR) is 46.9 cm³/mol. The smallest absolute Gasteiger partial charge is 0.165 e. The molecule has 2 rings (SSSR count). The molecule has 1 aliphatic carbocycles. The van der Waals surface area contributed by atoms with Gasteiger partial charge in [0.05, 0.1) is 10.7 Å². The third-order valence-corrected chi connectivity index (χ3v) is 2.57. The molecule has 62 valence electrons. The second kappa shape index (κ2) is 2.71. The SMILES string of the molecule is O=C1CCc2nc(Cl)c(Cl)cc21. The maximum Gasteiger partial charge on any atom is 0.165 e. The molecule has 0 saturated heterocycles. The molecule has 0 unspecified atom stereocenters. The molecule has 0 aromatic carbocycles. The van der Waals surface area contributed by atoms with Crippen molar-refractivity contribution in [1.82, 2.24) is 4.98 Å². The van der Waals surface area contributed by atoms with Gasteiger partial charge in [-0.1, -0.05) is 23.2 Å². The highest BCUT2D eigenvalue weighted by atomic mass is 35.5. The lowest BCUT2D eigenvalue weighted by atomic mass is 10.2. The number of aromatic nitrogens is 1. The molecule has 0 fully saturated rings. The maximum absolute atomic E-state index is 11.2. The molecular weight excluding hydrogens is 197 g/mol. The summed E-state index contributed by atoms with van der Waals surface area (Å²) in [7, 11) is 0. The lowest BCUT2D eigenvalue weighted by Gasteiger charge is -1.98. The second-order valence-corrected chi connectivity index (χ2v) is 3.44. The third kappa shape index (κ3) is 1.11. The first-order valence-electron chi connectivity index (χ1n) is 3.56. The number of carbonyl (C=O) groups is 1. The van der Waals surface area contributed by atoms with Crippen LogP contribution >= 0.6 is 23.2 Å². The van der Waals surface area contributed by atoms with Gasteiger partial charge in [0.2, 0.25) is 0 Å². The van der Waals surface area contributed by atoms with E-state index in [9.17, 15) is 4.79 Å². The fraction of sp³-hybridized carbons (Fsp3) is 0.250. The number of rotatable bonds is 0. The van der Waals surface area contributed by atoms with Gasteiger partial charge in [0.15, 0.2) is 5.78 Å². The molecule has 0 saturated carbocycles. The van der Waals surface area contributed by atoms with Crippen molar-refractivity contribution in [3.63, 3.8) is 0 Å². The van der Waals surface area contributed by atoms with Crippen LogP contribution in [-0.4, -0.2) is 10.8 Å². The summed E-state index contributed by atoms with van der Waals surface area (Å²) >= 11 is 11.4. The molecule has 12 heavy (non-hydrogen) atoms. The summed E-state index contributed by atoms with van der Waals surface area (Å²) in [6, 6.07) is 1.60. The lowest BCUT2D eigenvalue weighted by molar-refractivity contribution is 0.0994. The Kier molecular flexibility index (Phi) is 1.81. The molecule has 4 heteroatoms. The summed E-state index contributed by atoms with van der Waals surface area (Å²) in [5.41, 5.74) is 1.40. The molecule has 1 aliphatic rings. The van der Waals surface area contributed by atoms with Crippen molar-refractivity contribution in [2.75, 3.05) is 0 Å². The molecule has 0 spiro atoms. The first kappa shape index (κ1) is 8.02. The van der Waals surface area contributed by atoms with E-state index < -0.39 is 0 Å². The molecule has 0 bridgehead atoms. The Morgan fingerprint density at radius 2 is 2.08 bits per heavy atom. The summed E-state index contributed by atoms with van der Waals surface area (Å²) < 4.78 is 0. The Balaban J connectivity index is 2.63. The quantitative estimate of drug-likeness (QED) is 0.605. The third-order valence-electron chi connectivity index (χ3n) is 1.90. The van der Waals surface area contributed by atoms with Crippen LogP contribution in [0.1, 0.15) is 22.5 Å². The van der Waals surface area contributed by atoms with E-state index in [-0.39, 0.29) is 10.9 Å². The minimum absolute atomic E-state index is 0.107. The van der Waals surface area contributed by atoms with Crippen LogP contribution in [0.5, 0.6) is 0 Å². The van der Waals surface area contributed by atoms with E-state index in [2.05, 4.69) is 4.98 Å². The van der Waals surface area contributed by atoms with Crippen LogP contribution < -0.4 is 0 Å². The first-order valence-corrected chi connectivity index (χ1v) is 4.32. The number of hydrogen-bond donors (Lipinski definition) is 0. The molecule has 0 amide bonds. The summed E-state index contributed by atoms with van der Waals surface area (Å²) in [6.45, 7) is 0. The summed E-state index contributed by atoms with van der Waals surface area (Å²) in [5, 5.41) is 0.635. The number of halogens is 2. The molecule has 0 atom stereocenters. The zero-order valence-electron chi connectivity index (χ0n) is 6.10. The van der Waals surface area contributed by atoms with Gasteiger partial charge in [-0.25, -0.2) is 4.98 Å². The summed E-state index contributed by atoms with van der Waals surface area (Å²) in [4.78, 5) is 15.2. The monoisotopic (exact) mass is 201 g/mol. The van der Waals surface area contributed by atoms with Crippen LogP contribution in [0.15, 0.2) is 6.07 Å². The molecule has 0 radical (unpaired) electrons. The number of carbonyl (C=O) groups excluding carboxylic acids is 1. The van der Waals surface area contributed by atoms with E-state index in [0.717, 1.165) is 5.69 Å². The fourth-order valence-corrected chi connectivity index (χ4v) is 1.61. The number of fused-ring (bicyclic) bond motifs is 1. The van der Waals surface area contributed by atoms with E-state index in [1.165, 1.54) is 0 Å². The standard InChI is InChI=1S/C8H5Cl2NO/c9-5-3-4-6(11-8(5)10)1-2-7(4)12/h3H,1-2H2. The lowest BCUT2D eigenvalue weighted by Crippen LogP contribution is -1.93. The molecule has 0 aliphatic heterocycles. The highest BCUT2D eigenvalue weighted by Gasteiger charge is 2.22. The van der Waals surface area contributed by atoms with Gasteiger partial charge in [0.1, 0.15) is 5.15 Å². The number of ketones is 1. The van der Waals surface area contributed by atoms with E-state index in [4.69, 9.17) is 23.2 Å². The molecule has 1 heterocycles. The van der Waals surface area contributed by atoms with Gasteiger partial charge in [-0.05, 0) is 12.5 Å². The average molecular weight is 202 g/mol. The van der Waals surface area contributed by atoms with E-state index in [0.29, 0.717) is 23.4 Å². The van der Waals surface area contributed by atoms with Gasteiger partial charge >= 0.3 is 0 Å². The number of pyridine rings is 1. The van der Waals surface area contributed by atoms with Crippen LogP contribution in [0.3, 0.4) is 0 Å². The summed E-state index contributed by atoms with van der Waals surface area (Å²) in [6.07, 6.45) is 1.21. The van der Waals surface area contributed by atoms with Crippen molar-refractivity contribution in [3.8, 4) is 0 Å². The maximum atomic E-state index is 11.2. The number of Topliss-reactive ketones (excluding diaryl/α,β-unsaturated/α-hetero) is 1. The minimum Gasteiger partial charge on any atom is -0.294 e. The minimum atomic E-state index is 0.107. The van der Waals surface area contributed by atoms with Crippen LogP contribution in [0.2, 0.25) is 10.2 Å². The number of nitrogens with zero attached hydrogens (tertiary/aromatic N) is 1. The van der Waals surface area contributed by atoms with E-state index in [1.54, 1.807) is 6.07 Å². The summed E-state index contributed by atoms with van der Waals surface area (Å²) in [5.74, 6) is 0.107. The Hall–Kier alpha value is -0.600. The Bertz CT molecular complexity index is 362. The van der Waals surface area contributed by atoms with Gasteiger partial charge in [-0.3, -0.25) is 4.79 Å². The average Bonchev–Trinajstić information content (AvgIpc) is 2.35. The van der Waals surface area contributed by atoms with Gasteiger partial charge < -0.3 is 0 Å². The second-order valence-electron chi connectivity index (χ2n) is 2.68. The highest BCUT2D eigenvalue weighted by molar-refractivity contribution is 6.41. The van der Waals surface area contributed by atoms with Crippen molar-refractivity contribution in [3.05, 3.63) is 27.5 Å². The van der Waals surface area contributed by atoms with Crippen molar-refractivity contribution >= 4 is 29.0 Å². The van der Waals surface area contributed by atoms with Crippen molar-refractivity contribution < 1.29 is 4.79 Å².